The van der Waals surface area contributed by atoms with Gasteiger partial charge in [-0.25, -0.2) is 0 Å². The minimum Gasteiger partial charge on any atom is -0.315 e. The molecule has 70 valence electrons. The third-order valence-electron chi connectivity index (χ3n) is 1.45. The molecule has 0 aromatic rings. The highest BCUT2D eigenvalue weighted by atomic mass is 16.5. The van der Waals surface area contributed by atoms with Crippen LogP contribution in [0.25, 0.3) is 0 Å². The number of hydrogen-bond acceptors (Lipinski definition) is 4. The van der Waals surface area contributed by atoms with E-state index in [2.05, 4.69) is 11.6 Å². The van der Waals surface area contributed by atoms with Crippen molar-refractivity contribution in [3.63, 3.8) is 0 Å². The highest BCUT2D eigenvalue weighted by Gasteiger charge is 2.12. The fourth-order valence-electron chi connectivity index (χ4n) is 0.798. The maximum Gasteiger partial charge on any atom is 0.101 e. The average molecular weight is 171 g/mol. The Balaban J connectivity index is 4.01. The van der Waals surface area contributed by atoms with Crippen molar-refractivity contribution < 1.29 is 5.21 Å². The van der Waals surface area contributed by atoms with Crippen molar-refractivity contribution >= 4 is 6.21 Å². The quantitative estimate of drug-likeness (QED) is 0.238. The molecule has 0 aromatic heterocycles. The van der Waals surface area contributed by atoms with Crippen molar-refractivity contribution in [2.75, 3.05) is 0 Å². The summed E-state index contributed by atoms with van der Waals surface area (Å²) in [4.78, 5) is 4.16. The van der Waals surface area contributed by atoms with Crippen LogP contribution in [0.15, 0.2) is 17.6 Å². The molecule has 2 unspecified atom stereocenters. The van der Waals surface area contributed by atoms with E-state index in [1.165, 1.54) is 0 Å². The van der Waals surface area contributed by atoms with Crippen LogP contribution in [-0.2, 0) is 0 Å². The third-order valence-corrected chi connectivity index (χ3v) is 1.45. The first-order valence-electron chi connectivity index (χ1n) is 4.04. The second-order valence-electron chi connectivity index (χ2n) is 2.49. The molecule has 0 aliphatic rings. The summed E-state index contributed by atoms with van der Waals surface area (Å²) >= 11 is 0. The van der Waals surface area contributed by atoms with E-state index in [0.29, 0.717) is 6.42 Å². The van der Waals surface area contributed by atoms with E-state index in [-0.39, 0.29) is 6.04 Å². The molecule has 12 heavy (non-hydrogen) atoms. The van der Waals surface area contributed by atoms with Crippen LogP contribution in [0.3, 0.4) is 0 Å². The van der Waals surface area contributed by atoms with E-state index in [1.807, 2.05) is 12.4 Å². The van der Waals surface area contributed by atoms with E-state index in [4.69, 9.17) is 10.9 Å². The van der Waals surface area contributed by atoms with E-state index in [0.717, 1.165) is 6.42 Å². The molecule has 0 aromatic carbocycles. The number of aliphatic imine (C=N–C) groups is 1. The molecule has 0 saturated carbocycles. The molecule has 4 N–H and O–H groups in total. The average Bonchev–Trinajstić information content (AvgIpc) is 2.11. The smallest absolute Gasteiger partial charge is 0.101 e. The number of hydroxylamine groups is 1. The van der Waals surface area contributed by atoms with Crippen molar-refractivity contribution in [3.8, 4) is 0 Å². The van der Waals surface area contributed by atoms with Crippen molar-refractivity contribution in [2.24, 2.45) is 10.7 Å². The lowest BCUT2D eigenvalue weighted by Crippen LogP contribution is -2.44. The summed E-state index contributed by atoms with van der Waals surface area (Å²) in [5.41, 5.74) is 7.50. The van der Waals surface area contributed by atoms with Crippen LogP contribution in [0, 0.1) is 0 Å². The number of rotatable bonds is 6. The molecule has 4 heteroatoms. The number of nitrogens with one attached hydrogen (secondary N) is 1. The molecule has 0 spiro atoms. The van der Waals surface area contributed by atoms with Gasteiger partial charge in [0.25, 0.3) is 0 Å². The Hall–Kier alpha value is -0.710. The molecular weight excluding hydrogens is 154 g/mol. The summed E-state index contributed by atoms with van der Waals surface area (Å²) in [5, 5.41) is 8.55. The summed E-state index contributed by atoms with van der Waals surface area (Å²) in [6.07, 6.45) is 4.52. The molecule has 0 heterocycles. The van der Waals surface area contributed by atoms with Gasteiger partial charge in [0.1, 0.15) is 6.17 Å². The van der Waals surface area contributed by atoms with E-state index in [1.54, 1.807) is 12.3 Å². The fraction of sp³-hybridized carbons (Fsp3) is 0.625. The molecule has 4 nitrogen and oxygen atoms in total. The third kappa shape index (κ3) is 4.23. The van der Waals surface area contributed by atoms with Crippen LogP contribution >= 0.6 is 0 Å². The van der Waals surface area contributed by atoms with Crippen molar-refractivity contribution in [1.82, 2.24) is 5.48 Å². The van der Waals surface area contributed by atoms with Gasteiger partial charge in [0.15, 0.2) is 0 Å². The van der Waals surface area contributed by atoms with Crippen LogP contribution in [-0.4, -0.2) is 23.6 Å². The summed E-state index contributed by atoms with van der Waals surface area (Å²) in [7, 11) is 0. The maximum absolute atomic E-state index is 8.55. The van der Waals surface area contributed by atoms with Gasteiger partial charge in [-0.15, -0.1) is 6.58 Å². The summed E-state index contributed by atoms with van der Waals surface area (Å²) < 4.78 is 0. The van der Waals surface area contributed by atoms with Crippen LogP contribution in [0.1, 0.15) is 19.8 Å². The largest absolute Gasteiger partial charge is 0.315 e. The molecule has 0 aliphatic heterocycles. The fourth-order valence-corrected chi connectivity index (χ4v) is 0.798. The molecule has 0 fully saturated rings. The van der Waals surface area contributed by atoms with Gasteiger partial charge >= 0.3 is 0 Å². The molecule has 0 aliphatic carbocycles. The Labute approximate surface area is 73.1 Å². The summed E-state index contributed by atoms with van der Waals surface area (Å²) in [5.74, 6) is 0. The van der Waals surface area contributed by atoms with Crippen LogP contribution in [0.4, 0.5) is 0 Å². The Kier molecular flexibility index (Phi) is 6.55. The zero-order valence-electron chi connectivity index (χ0n) is 7.40. The van der Waals surface area contributed by atoms with E-state index < -0.39 is 6.17 Å². The summed E-state index contributed by atoms with van der Waals surface area (Å²) in [6.45, 7) is 5.58. The predicted molar refractivity (Wildman–Crippen MR) is 50.3 cm³/mol. The molecule has 0 saturated heterocycles. The molecular formula is C8H17N3O. The second-order valence-corrected chi connectivity index (χ2v) is 2.49. The van der Waals surface area contributed by atoms with Gasteiger partial charge in [0.05, 0.1) is 6.04 Å². The number of nitrogens with two attached hydrogens (primary N) is 1. The van der Waals surface area contributed by atoms with Gasteiger partial charge < -0.3 is 10.9 Å². The molecule has 0 bridgehead atoms. The Morgan fingerprint density at radius 2 is 2.42 bits per heavy atom. The topological polar surface area (TPSA) is 70.6 Å². The van der Waals surface area contributed by atoms with Gasteiger partial charge in [-0.3, -0.25) is 4.99 Å². The minimum absolute atomic E-state index is 0.132. The first kappa shape index (κ1) is 11.3. The number of hydrogen-bond donors (Lipinski definition) is 3. The molecule has 0 amide bonds. The Morgan fingerprint density at radius 3 is 2.83 bits per heavy atom. The predicted octanol–water partition coefficient (Wildman–Crippen LogP) is 0.675. The zero-order chi connectivity index (χ0) is 9.40. The van der Waals surface area contributed by atoms with Crippen molar-refractivity contribution in [2.45, 2.75) is 32.0 Å². The summed E-state index contributed by atoms with van der Waals surface area (Å²) in [6, 6.07) is -0.132. The maximum atomic E-state index is 8.55. The van der Waals surface area contributed by atoms with Gasteiger partial charge in [-0.1, -0.05) is 13.0 Å². The lowest BCUT2D eigenvalue weighted by atomic mass is 10.2. The van der Waals surface area contributed by atoms with Crippen molar-refractivity contribution in [1.29, 1.82) is 0 Å². The Bertz CT molecular complexity index is 147. The first-order valence-corrected chi connectivity index (χ1v) is 4.04. The van der Waals surface area contributed by atoms with Gasteiger partial charge in [-0.05, 0) is 19.1 Å². The molecule has 2 atom stereocenters. The lowest BCUT2D eigenvalue weighted by Gasteiger charge is -2.16. The van der Waals surface area contributed by atoms with E-state index in [9.17, 15) is 0 Å². The van der Waals surface area contributed by atoms with Crippen LogP contribution in [0.2, 0.25) is 0 Å². The van der Waals surface area contributed by atoms with Gasteiger partial charge in [0, 0.05) is 0 Å². The van der Waals surface area contributed by atoms with Gasteiger partial charge in [0.2, 0.25) is 0 Å². The minimum atomic E-state index is -0.522. The molecule has 0 rings (SSSR count). The zero-order valence-corrected chi connectivity index (χ0v) is 7.40. The van der Waals surface area contributed by atoms with E-state index >= 15 is 0 Å². The van der Waals surface area contributed by atoms with Gasteiger partial charge in [-0.2, -0.15) is 5.48 Å². The van der Waals surface area contributed by atoms with Crippen LogP contribution in [0.5, 0.6) is 0 Å². The SMILES string of the molecule is C=CCC(N=CCC)C(N)NO. The molecule has 0 radical (unpaired) electrons. The van der Waals surface area contributed by atoms with Crippen LogP contribution < -0.4 is 11.2 Å². The normalized spacial score (nSPS) is 16.2. The lowest BCUT2D eigenvalue weighted by molar-refractivity contribution is 0.117. The number of nitrogens with zero attached hydrogens (tertiary/aromatic N) is 1. The highest BCUT2D eigenvalue weighted by Crippen LogP contribution is 2.00. The monoisotopic (exact) mass is 171 g/mol. The standard InChI is InChI=1S/C8H17N3O/c1-3-5-7(8(9)11-12)10-6-4-2/h3,6-8,11-12H,1,4-5,9H2,2H3. The first-order chi connectivity index (χ1) is 5.76. The van der Waals surface area contributed by atoms with Crippen molar-refractivity contribution in [3.05, 3.63) is 12.7 Å². The highest BCUT2D eigenvalue weighted by molar-refractivity contribution is 5.56. The Morgan fingerprint density at radius 1 is 1.75 bits per heavy atom. The second kappa shape index (κ2) is 6.97.